The highest BCUT2D eigenvalue weighted by molar-refractivity contribution is 4.82. The Morgan fingerprint density at radius 1 is 1.67 bits per heavy atom. The van der Waals surface area contributed by atoms with E-state index >= 15 is 0 Å². The van der Waals surface area contributed by atoms with Crippen LogP contribution in [0.15, 0.2) is 0 Å². The van der Waals surface area contributed by atoms with Gasteiger partial charge in [-0.2, -0.15) is 0 Å². The predicted molar refractivity (Wildman–Crippen MR) is 38.2 cm³/mol. The van der Waals surface area contributed by atoms with Gasteiger partial charge in [0.15, 0.2) is 0 Å². The topological polar surface area (TPSA) is 20.2 Å². The Kier molecular flexibility index (Phi) is 1.80. The first-order chi connectivity index (χ1) is 4.16. The van der Waals surface area contributed by atoms with Gasteiger partial charge in [0, 0.05) is 6.61 Å². The van der Waals surface area contributed by atoms with Gasteiger partial charge in [0.2, 0.25) is 0 Å². The molecule has 2 atom stereocenters. The molecule has 0 aliphatic heterocycles. The van der Waals surface area contributed by atoms with Crippen molar-refractivity contribution >= 4 is 0 Å². The molecule has 0 aromatic carbocycles. The molecule has 0 saturated heterocycles. The number of hydrogen-bond donors (Lipinski definition) is 1. The molecule has 1 aliphatic rings. The molecule has 1 aliphatic carbocycles. The van der Waals surface area contributed by atoms with Crippen molar-refractivity contribution in [3.63, 3.8) is 0 Å². The molecule has 1 fully saturated rings. The minimum Gasteiger partial charge on any atom is -0.396 e. The van der Waals surface area contributed by atoms with Crippen LogP contribution in [0, 0.1) is 11.3 Å². The summed E-state index contributed by atoms with van der Waals surface area (Å²) in [6.07, 6.45) is 3.73. The molecular weight excluding hydrogens is 112 g/mol. The van der Waals surface area contributed by atoms with Crippen LogP contribution >= 0.6 is 0 Å². The average Bonchev–Trinajstić information content (AvgIpc) is 2.13. The van der Waals surface area contributed by atoms with Gasteiger partial charge >= 0.3 is 0 Å². The highest BCUT2D eigenvalue weighted by Crippen LogP contribution is 2.40. The molecule has 1 saturated carbocycles. The third-order valence-electron chi connectivity index (χ3n) is 2.46. The fourth-order valence-electron chi connectivity index (χ4n) is 1.78. The van der Waals surface area contributed by atoms with E-state index in [1.807, 2.05) is 0 Å². The van der Waals surface area contributed by atoms with E-state index < -0.39 is 0 Å². The smallest absolute Gasteiger partial charge is 0.0484 e. The Morgan fingerprint density at radius 2 is 2.33 bits per heavy atom. The van der Waals surface area contributed by atoms with Crippen molar-refractivity contribution < 1.29 is 5.11 Å². The first-order valence-electron chi connectivity index (χ1n) is 3.77. The average molecular weight is 128 g/mol. The fourth-order valence-corrected chi connectivity index (χ4v) is 1.78. The maximum atomic E-state index is 8.94. The third kappa shape index (κ3) is 1.45. The standard InChI is InChI=1S/C8H16O/c1-7-3-4-8(2,5-7)6-9/h7,9H,3-6H2,1-2H3/t7-,8+/m0/s1. The normalized spacial score (nSPS) is 43.7. The molecule has 0 aromatic rings. The van der Waals surface area contributed by atoms with Gasteiger partial charge in [-0.3, -0.25) is 0 Å². The first-order valence-corrected chi connectivity index (χ1v) is 3.77. The summed E-state index contributed by atoms with van der Waals surface area (Å²) >= 11 is 0. The number of hydrogen-bond acceptors (Lipinski definition) is 1. The molecular formula is C8H16O. The summed E-state index contributed by atoms with van der Waals surface area (Å²) in [5.41, 5.74) is 0.263. The zero-order valence-electron chi connectivity index (χ0n) is 6.35. The fraction of sp³-hybridized carbons (Fsp3) is 1.00. The highest BCUT2D eigenvalue weighted by atomic mass is 16.3. The Hall–Kier alpha value is -0.0400. The van der Waals surface area contributed by atoms with E-state index in [1.165, 1.54) is 19.3 Å². The minimum atomic E-state index is 0.263. The van der Waals surface area contributed by atoms with Crippen molar-refractivity contribution in [2.24, 2.45) is 11.3 Å². The minimum absolute atomic E-state index is 0.263. The van der Waals surface area contributed by atoms with Gasteiger partial charge in [-0.05, 0) is 24.2 Å². The second-order valence-corrected chi connectivity index (χ2v) is 3.82. The van der Waals surface area contributed by atoms with Gasteiger partial charge in [-0.25, -0.2) is 0 Å². The molecule has 0 radical (unpaired) electrons. The van der Waals surface area contributed by atoms with E-state index in [9.17, 15) is 0 Å². The van der Waals surface area contributed by atoms with Crippen molar-refractivity contribution in [3.05, 3.63) is 0 Å². The zero-order chi connectivity index (χ0) is 6.91. The summed E-state index contributed by atoms with van der Waals surface area (Å²) in [5, 5.41) is 8.94. The summed E-state index contributed by atoms with van der Waals surface area (Å²) in [6.45, 7) is 4.81. The summed E-state index contributed by atoms with van der Waals surface area (Å²) in [5.74, 6) is 0.835. The van der Waals surface area contributed by atoms with E-state index in [4.69, 9.17) is 5.11 Å². The number of aliphatic hydroxyl groups is 1. The third-order valence-corrected chi connectivity index (χ3v) is 2.46. The molecule has 9 heavy (non-hydrogen) atoms. The first kappa shape index (κ1) is 7.07. The van der Waals surface area contributed by atoms with Crippen LogP contribution in [0.4, 0.5) is 0 Å². The van der Waals surface area contributed by atoms with Gasteiger partial charge in [-0.15, -0.1) is 0 Å². The summed E-state index contributed by atoms with van der Waals surface area (Å²) in [6, 6.07) is 0. The van der Waals surface area contributed by atoms with Gasteiger partial charge in [0.05, 0.1) is 0 Å². The molecule has 1 N–H and O–H groups in total. The number of rotatable bonds is 1. The lowest BCUT2D eigenvalue weighted by atomic mass is 9.89. The molecule has 0 aromatic heterocycles. The van der Waals surface area contributed by atoms with Crippen molar-refractivity contribution in [2.45, 2.75) is 33.1 Å². The van der Waals surface area contributed by atoms with Crippen LogP contribution in [-0.2, 0) is 0 Å². The van der Waals surface area contributed by atoms with E-state index in [2.05, 4.69) is 13.8 Å². The van der Waals surface area contributed by atoms with Crippen LogP contribution in [0.1, 0.15) is 33.1 Å². The van der Waals surface area contributed by atoms with Crippen LogP contribution in [0.2, 0.25) is 0 Å². The van der Waals surface area contributed by atoms with E-state index in [0.717, 1.165) is 5.92 Å². The SMILES string of the molecule is C[C@H]1CC[C@@](C)(CO)C1. The van der Waals surface area contributed by atoms with E-state index in [0.29, 0.717) is 6.61 Å². The Morgan fingerprint density at radius 3 is 2.56 bits per heavy atom. The summed E-state index contributed by atoms with van der Waals surface area (Å²) < 4.78 is 0. The molecule has 1 rings (SSSR count). The monoisotopic (exact) mass is 128 g/mol. The molecule has 1 heteroatoms. The van der Waals surface area contributed by atoms with Gasteiger partial charge < -0.3 is 5.11 Å². The molecule has 54 valence electrons. The van der Waals surface area contributed by atoms with Crippen molar-refractivity contribution in [1.29, 1.82) is 0 Å². The van der Waals surface area contributed by atoms with Crippen LogP contribution in [0.3, 0.4) is 0 Å². The molecule has 0 spiro atoms. The second kappa shape index (κ2) is 2.30. The molecule has 0 unspecified atom stereocenters. The quantitative estimate of drug-likeness (QED) is 0.571. The second-order valence-electron chi connectivity index (χ2n) is 3.82. The molecule has 1 nitrogen and oxygen atoms in total. The summed E-state index contributed by atoms with van der Waals surface area (Å²) in [4.78, 5) is 0. The van der Waals surface area contributed by atoms with Gasteiger partial charge in [0.1, 0.15) is 0 Å². The van der Waals surface area contributed by atoms with Crippen LogP contribution < -0.4 is 0 Å². The highest BCUT2D eigenvalue weighted by Gasteiger charge is 2.31. The van der Waals surface area contributed by atoms with Crippen molar-refractivity contribution in [1.82, 2.24) is 0 Å². The lowest BCUT2D eigenvalue weighted by molar-refractivity contribution is 0.145. The van der Waals surface area contributed by atoms with E-state index in [-0.39, 0.29) is 5.41 Å². The van der Waals surface area contributed by atoms with Gasteiger partial charge in [0.25, 0.3) is 0 Å². The van der Waals surface area contributed by atoms with E-state index in [1.54, 1.807) is 0 Å². The lowest BCUT2D eigenvalue weighted by Gasteiger charge is -2.19. The van der Waals surface area contributed by atoms with Crippen molar-refractivity contribution in [2.75, 3.05) is 6.61 Å². The predicted octanol–water partition coefficient (Wildman–Crippen LogP) is 1.80. The van der Waals surface area contributed by atoms with Crippen LogP contribution in [-0.4, -0.2) is 11.7 Å². The zero-order valence-corrected chi connectivity index (χ0v) is 6.35. The number of aliphatic hydroxyl groups excluding tert-OH is 1. The molecule has 0 heterocycles. The maximum Gasteiger partial charge on any atom is 0.0484 e. The van der Waals surface area contributed by atoms with Crippen LogP contribution in [0.5, 0.6) is 0 Å². The van der Waals surface area contributed by atoms with Crippen LogP contribution in [0.25, 0.3) is 0 Å². The summed E-state index contributed by atoms with van der Waals surface area (Å²) in [7, 11) is 0. The van der Waals surface area contributed by atoms with Crippen molar-refractivity contribution in [3.8, 4) is 0 Å². The molecule has 0 bridgehead atoms. The largest absolute Gasteiger partial charge is 0.396 e. The Bertz CT molecular complexity index is 101. The Labute approximate surface area is 57.1 Å². The Balaban J connectivity index is 2.45. The lowest BCUT2D eigenvalue weighted by Crippen LogP contribution is -2.16. The van der Waals surface area contributed by atoms with Gasteiger partial charge in [-0.1, -0.05) is 20.3 Å². The molecule has 0 amide bonds. The maximum absolute atomic E-state index is 8.94.